The van der Waals surface area contributed by atoms with Gasteiger partial charge < -0.3 is 25.6 Å². The van der Waals surface area contributed by atoms with Crippen LogP contribution in [0.25, 0.3) is 0 Å². The van der Waals surface area contributed by atoms with Gasteiger partial charge in [0.1, 0.15) is 23.7 Å². The first-order valence-corrected chi connectivity index (χ1v) is 7.19. The molecule has 2 rings (SSSR count). The third kappa shape index (κ3) is 2.80. The number of rotatable bonds is 4. The Balaban J connectivity index is 1.95. The molecule has 2 heterocycles. The highest BCUT2D eigenvalue weighted by Crippen LogP contribution is 2.36. The van der Waals surface area contributed by atoms with E-state index in [9.17, 15) is 10.2 Å². The van der Waals surface area contributed by atoms with Crippen molar-refractivity contribution in [1.29, 1.82) is 0 Å². The van der Waals surface area contributed by atoms with Crippen molar-refractivity contribution in [1.82, 2.24) is 10.6 Å². The Kier molecular flexibility index (Phi) is 4.85. The van der Waals surface area contributed by atoms with Crippen molar-refractivity contribution in [2.24, 2.45) is 4.99 Å². The van der Waals surface area contributed by atoms with Gasteiger partial charge >= 0.3 is 0 Å². The number of ether oxygens (including phenoxy) is 1. The second-order valence-corrected chi connectivity index (χ2v) is 5.55. The highest BCUT2D eigenvalue weighted by molar-refractivity contribution is 8.14. The fourth-order valence-electron chi connectivity index (χ4n) is 2.21. The van der Waals surface area contributed by atoms with E-state index < -0.39 is 12.2 Å². The smallest absolute Gasteiger partial charge is 0.159 e. The summed E-state index contributed by atoms with van der Waals surface area (Å²) >= 11 is 1.47. The molecule has 1 saturated heterocycles. The fraction of sp³-hybridized carbons (Fsp3) is 0.909. The molecule has 18 heavy (non-hydrogen) atoms. The van der Waals surface area contributed by atoms with E-state index in [1.165, 1.54) is 11.8 Å². The average molecular weight is 275 g/mol. The average Bonchev–Trinajstić information content (AvgIpc) is 2.79. The van der Waals surface area contributed by atoms with Crippen LogP contribution in [-0.4, -0.2) is 65.3 Å². The van der Waals surface area contributed by atoms with E-state index in [2.05, 4.69) is 15.6 Å². The van der Waals surface area contributed by atoms with Gasteiger partial charge in [-0.2, -0.15) is 0 Å². The maximum atomic E-state index is 10.1. The molecular weight excluding hydrogens is 254 g/mol. The standard InChI is InChI=1S/C11H21N3O3S/c1-3-13-5-4-6-8(15)9(16)7-10(17-6)18-11(12-2)14-7/h6-10,13,15-16H,3-5H2,1-2H3,(H,12,14)/t6-,7-,8-,9-,10-/m1/s1. The number of nitrogens with zero attached hydrogens (tertiary/aromatic N) is 1. The van der Waals surface area contributed by atoms with Crippen molar-refractivity contribution >= 4 is 16.9 Å². The predicted octanol–water partition coefficient (Wildman–Crippen LogP) is -0.876. The molecule has 4 N–H and O–H groups in total. The van der Waals surface area contributed by atoms with Crippen LogP contribution >= 0.6 is 11.8 Å². The number of hydrogen-bond acceptors (Lipinski definition) is 7. The lowest BCUT2D eigenvalue weighted by molar-refractivity contribution is -0.154. The second kappa shape index (κ2) is 6.21. The van der Waals surface area contributed by atoms with Gasteiger partial charge in [-0.1, -0.05) is 18.7 Å². The van der Waals surface area contributed by atoms with Crippen LogP contribution in [0.15, 0.2) is 4.99 Å². The number of aliphatic hydroxyl groups excluding tert-OH is 2. The molecule has 104 valence electrons. The summed E-state index contributed by atoms with van der Waals surface area (Å²) in [6.45, 7) is 3.69. The summed E-state index contributed by atoms with van der Waals surface area (Å²) in [5, 5.41) is 27.0. The maximum absolute atomic E-state index is 10.1. The minimum Gasteiger partial charge on any atom is -0.388 e. The molecule has 0 aromatic rings. The summed E-state index contributed by atoms with van der Waals surface area (Å²) < 4.78 is 5.83. The van der Waals surface area contributed by atoms with Crippen molar-refractivity contribution in [3.63, 3.8) is 0 Å². The zero-order chi connectivity index (χ0) is 13.1. The quantitative estimate of drug-likeness (QED) is 0.499. The van der Waals surface area contributed by atoms with E-state index in [1.807, 2.05) is 6.92 Å². The number of hydrogen-bond donors (Lipinski definition) is 4. The van der Waals surface area contributed by atoms with Crippen LogP contribution in [-0.2, 0) is 4.74 Å². The summed E-state index contributed by atoms with van der Waals surface area (Å²) in [5.41, 5.74) is -0.197. The largest absolute Gasteiger partial charge is 0.388 e. The van der Waals surface area contributed by atoms with Crippen LogP contribution in [0.5, 0.6) is 0 Å². The molecule has 0 saturated carbocycles. The second-order valence-electron chi connectivity index (χ2n) is 4.46. The molecule has 1 fully saturated rings. The van der Waals surface area contributed by atoms with E-state index in [-0.39, 0.29) is 17.6 Å². The Labute approximate surface area is 111 Å². The third-order valence-electron chi connectivity index (χ3n) is 3.23. The molecule has 0 aromatic heterocycles. The Morgan fingerprint density at radius 3 is 2.83 bits per heavy atom. The van der Waals surface area contributed by atoms with Gasteiger partial charge in [-0.05, 0) is 19.5 Å². The van der Waals surface area contributed by atoms with E-state index in [4.69, 9.17) is 4.74 Å². The van der Waals surface area contributed by atoms with Crippen molar-refractivity contribution in [3.05, 3.63) is 0 Å². The van der Waals surface area contributed by atoms with Crippen LogP contribution in [0.1, 0.15) is 13.3 Å². The first-order valence-electron chi connectivity index (χ1n) is 6.32. The topological polar surface area (TPSA) is 86.1 Å². The van der Waals surface area contributed by atoms with Crippen molar-refractivity contribution in [2.75, 3.05) is 20.1 Å². The van der Waals surface area contributed by atoms with E-state index in [0.29, 0.717) is 6.42 Å². The number of aliphatic imine (C=N–C) groups is 1. The number of aliphatic hydroxyl groups is 2. The van der Waals surface area contributed by atoms with Crippen LogP contribution in [0.2, 0.25) is 0 Å². The van der Waals surface area contributed by atoms with Crippen molar-refractivity contribution in [2.45, 2.75) is 43.1 Å². The van der Waals surface area contributed by atoms with E-state index >= 15 is 0 Å². The molecule has 0 aromatic carbocycles. The molecule has 0 aliphatic carbocycles. The van der Waals surface area contributed by atoms with Crippen LogP contribution in [0.3, 0.4) is 0 Å². The van der Waals surface area contributed by atoms with Gasteiger partial charge in [0.25, 0.3) is 0 Å². The number of nitrogens with one attached hydrogen (secondary N) is 2. The lowest BCUT2D eigenvalue weighted by Crippen LogP contribution is -2.55. The lowest BCUT2D eigenvalue weighted by atomic mass is 9.96. The van der Waals surface area contributed by atoms with Crippen molar-refractivity contribution < 1.29 is 14.9 Å². The lowest BCUT2D eigenvalue weighted by Gasteiger charge is -2.38. The zero-order valence-electron chi connectivity index (χ0n) is 10.7. The first-order chi connectivity index (χ1) is 8.67. The molecule has 0 unspecified atom stereocenters. The highest BCUT2D eigenvalue weighted by Gasteiger charge is 2.47. The van der Waals surface area contributed by atoms with Gasteiger partial charge in [0.05, 0.1) is 6.10 Å². The molecular formula is C11H21N3O3S. The Morgan fingerprint density at radius 2 is 2.17 bits per heavy atom. The van der Waals surface area contributed by atoms with Gasteiger partial charge in [0.15, 0.2) is 5.17 Å². The number of fused-ring (bicyclic) bond motifs is 1. The summed E-state index contributed by atoms with van der Waals surface area (Å²) in [7, 11) is 1.79. The normalized spacial score (nSPS) is 39.3. The van der Waals surface area contributed by atoms with Gasteiger partial charge in [0.2, 0.25) is 0 Å². The maximum Gasteiger partial charge on any atom is 0.159 e. The van der Waals surface area contributed by atoms with Gasteiger partial charge in [0, 0.05) is 7.05 Å². The molecule has 2 aliphatic rings. The molecule has 2 aliphatic heterocycles. The molecule has 6 nitrogen and oxygen atoms in total. The Bertz CT molecular complexity index is 316. The van der Waals surface area contributed by atoms with Crippen LogP contribution in [0, 0.1) is 0 Å². The van der Waals surface area contributed by atoms with E-state index in [1.54, 1.807) is 7.05 Å². The molecule has 0 radical (unpaired) electrons. The number of thioether (sulfide) groups is 1. The highest BCUT2D eigenvalue weighted by atomic mass is 32.2. The first kappa shape index (κ1) is 14.1. The number of amidine groups is 1. The minimum atomic E-state index is -0.870. The predicted molar refractivity (Wildman–Crippen MR) is 71.7 cm³/mol. The molecule has 0 amide bonds. The van der Waals surface area contributed by atoms with Gasteiger partial charge in [-0.25, -0.2) is 0 Å². The minimum absolute atomic E-state index is 0.197. The Morgan fingerprint density at radius 1 is 1.39 bits per heavy atom. The summed E-state index contributed by atoms with van der Waals surface area (Å²) in [6.07, 6.45) is -1.37. The third-order valence-corrected chi connectivity index (χ3v) is 4.39. The molecule has 0 bridgehead atoms. The fourth-order valence-corrected chi connectivity index (χ4v) is 3.29. The molecule has 5 atom stereocenters. The molecule has 7 heteroatoms. The zero-order valence-corrected chi connectivity index (χ0v) is 11.5. The molecule has 0 spiro atoms. The van der Waals surface area contributed by atoms with E-state index in [0.717, 1.165) is 18.3 Å². The van der Waals surface area contributed by atoms with Crippen molar-refractivity contribution in [3.8, 4) is 0 Å². The summed E-state index contributed by atoms with van der Waals surface area (Å²) in [6, 6.07) is -0.372. The monoisotopic (exact) mass is 275 g/mol. The van der Waals surface area contributed by atoms with Gasteiger partial charge in [-0.3, -0.25) is 4.99 Å². The van der Waals surface area contributed by atoms with Crippen LogP contribution in [0.4, 0.5) is 0 Å². The Hall–Kier alpha value is -0.340. The van der Waals surface area contributed by atoms with Crippen LogP contribution < -0.4 is 10.6 Å². The summed E-state index contributed by atoms with van der Waals surface area (Å²) in [4.78, 5) is 4.31. The van der Waals surface area contributed by atoms with Gasteiger partial charge in [-0.15, -0.1) is 0 Å². The SMILES string of the molecule is CCNCC[C@H]1O[C@@H]2SC(NC)=N[C@@H]2[C@@H](O)[C@@H]1O. The summed E-state index contributed by atoms with van der Waals surface area (Å²) in [5.74, 6) is 0.